The molecule has 0 aromatic heterocycles. The highest BCUT2D eigenvalue weighted by Crippen LogP contribution is 2.34. The summed E-state index contributed by atoms with van der Waals surface area (Å²) in [5.74, 6) is 1.36. The molecule has 4 heteroatoms. The molecule has 0 aromatic carbocycles. The van der Waals surface area contributed by atoms with E-state index >= 15 is 0 Å². The van der Waals surface area contributed by atoms with Crippen LogP contribution in [0.4, 0.5) is 8.78 Å². The van der Waals surface area contributed by atoms with Crippen LogP contribution < -0.4 is 0 Å². The number of halogens is 2. The van der Waals surface area contributed by atoms with Crippen LogP contribution in [0.25, 0.3) is 0 Å². The van der Waals surface area contributed by atoms with Crippen molar-refractivity contribution in [3.8, 4) is 0 Å². The highest BCUT2D eigenvalue weighted by atomic mass is 19.3. The molecule has 0 amide bonds. The number of ether oxygens (including phenoxy) is 1. The number of hydrogen-bond donors (Lipinski definition) is 0. The maximum absolute atomic E-state index is 12.1. The molecule has 1 saturated carbocycles. The van der Waals surface area contributed by atoms with Crippen LogP contribution >= 0.6 is 0 Å². The Bertz CT molecular complexity index is 293. The minimum absolute atomic E-state index is 0.360. The Kier molecular flexibility index (Phi) is 4.26. The first kappa shape index (κ1) is 12.7. The number of Topliss-reactive ketones (excluding diaryl/α,β-unsaturated/α-hetero) is 1. The Labute approximate surface area is 100 Å². The summed E-state index contributed by atoms with van der Waals surface area (Å²) < 4.78 is 29.6. The minimum Gasteiger partial charge on any atom is -0.374 e. The zero-order chi connectivity index (χ0) is 12.3. The third-order valence-corrected chi connectivity index (χ3v) is 3.91. The van der Waals surface area contributed by atoms with Crippen molar-refractivity contribution in [3.05, 3.63) is 12.2 Å². The standard InChI is InChI=1S/C13H18F2O2/c14-13(15)7-12-6-3-10(8-17-12)9-1-4-11(16)5-2-9/h7,9-10,12H,1-6,8H2. The molecule has 96 valence electrons. The summed E-state index contributed by atoms with van der Waals surface area (Å²) in [7, 11) is 0. The third kappa shape index (κ3) is 3.60. The molecule has 0 bridgehead atoms. The number of ketones is 1. The van der Waals surface area contributed by atoms with Crippen LogP contribution in [0.2, 0.25) is 0 Å². The van der Waals surface area contributed by atoms with Crippen LogP contribution in [0.3, 0.4) is 0 Å². The van der Waals surface area contributed by atoms with E-state index in [1.807, 2.05) is 0 Å². The van der Waals surface area contributed by atoms with Gasteiger partial charge in [-0.1, -0.05) is 0 Å². The van der Waals surface area contributed by atoms with Gasteiger partial charge in [-0.15, -0.1) is 0 Å². The molecule has 0 aromatic rings. The van der Waals surface area contributed by atoms with E-state index in [2.05, 4.69) is 0 Å². The quantitative estimate of drug-likeness (QED) is 0.744. The molecule has 2 aliphatic rings. The highest BCUT2D eigenvalue weighted by molar-refractivity contribution is 5.79. The van der Waals surface area contributed by atoms with E-state index in [9.17, 15) is 13.6 Å². The number of hydrogen-bond acceptors (Lipinski definition) is 2. The zero-order valence-corrected chi connectivity index (χ0v) is 9.83. The van der Waals surface area contributed by atoms with Crippen LogP contribution in [0.5, 0.6) is 0 Å². The van der Waals surface area contributed by atoms with E-state index in [0.717, 1.165) is 25.3 Å². The second-order valence-electron chi connectivity index (χ2n) is 5.04. The highest BCUT2D eigenvalue weighted by Gasteiger charge is 2.30. The van der Waals surface area contributed by atoms with Gasteiger partial charge >= 0.3 is 0 Å². The first-order valence-electron chi connectivity index (χ1n) is 6.31. The number of rotatable bonds is 2. The molecule has 2 fully saturated rings. The Morgan fingerprint density at radius 1 is 1.12 bits per heavy atom. The molecule has 17 heavy (non-hydrogen) atoms. The fraction of sp³-hybridized carbons (Fsp3) is 0.769. The van der Waals surface area contributed by atoms with Crippen molar-refractivity contribution >= 4 is 5.78 Å². The molecule has 2 nitrogen and oxygen atoms in total. The third-order valence-electron chi connectivity index (χ3n) is 3.91. The van der Waals surface area contributed by atoms with Crippen molar-refractivity contribution in [1.82, 2.24) is 0 Å². The topological polar surface area (TPSA) is 26.3 Å². The predicted molar refractivity (Wildman–Crippen MR) is 59.7 cm³/mol. The summed E-state index contributed by atoms with van der Waals surface area (Å²) in [5, 5.41) is 0. The molecule has 0 radical (unpaired) electrons. The Hall–Kier alpha value is -0.770. The van der Waals surface area contributed by atoms with Gasteiger partial charge in [0.25, 0.3) is 6.08 Å². The van der Waals surface area contributed by atoms with E-state index in [1.165, 1.54) is 0 Å². The molecule has 2 rings (SSSR count). The molecule has 1 aliphatic carbocycles. The van der Waals surface area contributed by atoms with Gasteiger partial charge in [-0.3, -0.25) is 4.79 Å². The van der Waals surface area contributed by atoms with Crippen LogP contribution in [-0.4, -0.2) is 18.5 Å². The molecule has 1 aliphatic heterocycles. The van der Waals surface area contributed by atoms with Crippen LogP contribution in [-0.2, 0) is 9.53 Å². The number of carbonyl (C=O) groups is 1. The van der Waals surface area contributed by atoms with Gasteiger partial charge in [0, 0.05) is 18.9 Å². The van der Waals surface area contributed by atoms with E-state index in [0.29, 0.717) is 43.5 Å². The second kappa shape index (κ2) is 5.71. The Balaban J connectivity index is 1.79. The van der Waals surface area contributed by atoms with Crippen molar-refractivity contribution < 1.29 is 18.3 Å². The fourth-order valence-corrected chi connectivity index (χ4v) is 2.87. The Morgan fingerprint density at radius 2 is 1.82 bits per heavy atom. The SMILES string of the molecule is O=C1CCC(C2CCC(C=C(F)F)OC2)CC1. The van der Waals surface area contributed by atoms with Gasteiger partial charge in [-0.2, -0.15) is 8.78 Å². The van der Waals surface area contributed by atoms with E-state index in [-0.39, 0.29) is 0 Å². The lowest BCUT2D eigenvalue weighted by atomic mass is 9.77. The summed E-state index contributed by atoms with van der Waals surface area (Å²) in [6.07, 6.45) is 3.71. The van der Waals surface area contributed by atoms with Crippen molar-refractivity contribution in [2.75, 3.05) is 6.61 Å². The summed E-state index contributed by atoms with van der Waals surface area (Å²) in [5.41, 5.74) is 0. The average Bonchev–Trinajstić information content (AvgIpc) is 2.30. The van der Waals surface area contributed by atoms with Gasteiger partial charge in [-0.05, 0) is 37.5 Å². The van der Waals surface area contributed by atoms with E-state index in [4.69, 9.17) is 4.74 Å². The molecular weight excluding hydrogens is 226 g/mol. The number of carbonyl (C=O) groups excluding carboxylic acids is 1. The fourth-order valence-electron chi connectivity index (χ4n) is 2.87. The lowest BCUT2D eigenvalue weighted by Crippen LogP contribution is -2.31. The summed E-state index contributed by atoms with van der Waals surface area (Å²) in [6.45, 7) is 0.563. The van der Waals surface area contributed by atoms with Crippen molar-refractivity contribution in [2.24, 2.45) is 11.8 Å². The maximum atomic E-state index is 12.1. The van der Waals surface area contributed by atoms with Crippen LogP contribution in [0, 0.1) is 11.8 Å². The summed E-state index contributed by atoms with van der Waals surface area (Å²) in [6, 6.07) is 0. The zero-order valence-electron chi connectivity index (χ0n) is 9.83. The van der Waals surface area contributed by atoms with Crippen molar-refractivity contribution in [1.29, 1.82) is 0 Å². The predicted octanol–water partition coefficient (Wildman–Crippen LogP) is 3.32. The first-order chi connectivity index (χ1) is 8.15. The normalized spacial score (nSPS) is 31.3. The smallest absolute Gasteiger partial charge is 0.268 e. The molecule has 2 atom stereocenters. The monoisotopic (exact) mass is 244 g/mol. The van der Waals surface area contributed by atoms with E-state index in [1.54, 1.807) is 0 Å². The van der Waals surface area contributed by atoms with Crippen molar-refractivity contribution in [3.63, 3.8) is 0 Å². The van der Waals surface area contributed by atoms with Crippen LogP contribution in [0.15, 0.2) is 12.2 Å². The molecular formula is C13H18F2O2. The molecule has 2 unspecified atom stereocenters. The van der Waals surface area contributed by atoms with Gasteiger partial charge in [0.05, 0.1) is 12.7 Å². The van der Waals surface area contributed by atoms with E-state index < -0.39 is 12.2 Å². The molecule has 0 N–H and O–H groups in total. The van der Waals surface area contributed by atoms with Gasteiger partial charge in [-0.25, -0.2) is 0 Å². The molecule has 1 saturated heterocycles. The Morgan fingerprint density at radius 3 is 2.35 bits per heavy atom. The minimum atomic E-state index is -1.66. The van der Waals surface area contributed by atoms with Gasteiger partial charge < -0.3 is 4.74 Å². The lowest BCUT2D eigenvalue weighted by Gasteiger charge is -2.34. The lowest BCUT2D eigenvalue weighted by molar-refractivity contribution is -0.122. The second-order valence-corrected chi connectivity index (χ2v) is 5.04. The van der Waals surface area contributed by atoms with Crippen molar-refractivity contribution in [2.45, 2.75) is 44.6 Å². The van der Waals surface area contributed by atoms with Gasteiger partial charge in [0.1, 0.15) is 5.78 Å². The van der Waals surface area contributed by atoms with Gasteiger partial charge in [0.15, 0.2) is 0 Å². The van der Waals surface area contributed by atoms with Crippen LogP contribution in [0.1, 0.15) is 38.5 Å². The van der Waals surface area contributed by atoms with Gasteiger partial charge in [0.2, 0.25) is 0 Å². The summed E-state index contributed by atoms with van der Waals surface area (Å²) in [4.78, 5) is 11.1. The maximum Gasteiger partial charge on any atom is 0.268 e. The molecule has 0 spiro atoms. The largest absolute Gasteiger partial charge is 0.374 e. The first-order valence-corrected chi connectivity index (χ1v) is 6.31. The average molecular weight is 244 g/mol. The molecule has 1 heterocycles. The summed E-state index contributed by atoms with van der Waals surface area (Å²) >= 11 is 0.